The summed E-state index contributed by atoms with van der Waals surface area (Å²) in [6.07, 6.45) is 3.67. The molecular formula is C19H17ClFN3O2. The molecule has 2 aromatic carbocycles. The first-order valence-corrected chi connectivity index (χ1v) is 8.84. The first-order chi connectivity index (χ1) is 12.5. The van der Waals surface area contributed by atoms with E-state index in [1.54, 1.807) is 0 Å². The first-order valence-electron chi connectivity index (χ1n) is 8.46. The van der Waals surface area contributed by atoms with Crippen LogP contribution >= 0.6 is 11.6 Å². The molecule has 0 saturated heterocycles. The van der Waals surface area contributed by atoms with E-state index >= 15 is 0 Å². The van der Waals surface area contributed by atoms with Gasteiger partial charge in [-0.15, -0.1) is 0 Å². The molecule has 3 amide bonds. The highest BCUT2D eigenvalue weighted by atomic mass is 35.5. The summed E-state index contributed by atoms with van der Waals surface area (Å²) in [6.45, 7) is 0. The lowest BCUT2D eigenvalue weighted by molar-refractivity contribution is 0.0959. The van der Waals surface area contributed by atoms with Crippen molar-refractivity contribution >= 4 is 29.2 Å². The Balaban J connectivity index is 1.96. The van der Waals surface area contributed by atoms with Gasteiger partial charge in [-0.25, -0.2) is 9.18 Å². The fourth-order valence-electron chi connectivity index (χ4n) is 3.96. The monoisotopic (exact) mass is 373 g/mol. The van der Waals surface area contributed by atoms with Gasteiger partial charge in [0.25, 0.3) is 5.91 Å². The number of aryl methyl sites for hydroxylation is 1. The zero-order chi connectivity index (χ0) is 18.4. The number of benzene rings is 2. The van der Waals surface area contributed by atoms with Gasteiger partial charge in [0, 0.05) is 21.8 Å². The number of hydrogen-bond donors (Lipinski definition) is 3. The van der Waals surface area contributed by atoms with Crippen LogP contribution in [0.25, 0.3) is 0 Å². The van der Waals surface area contributed by atoms with Crippen LogP contribution in [-0.4, -0.2) is 11.9 Å². The summed E-state index contributed by atoms with van der Waals surface area (Å²) in [7, 11) is 0. The number of halogens is 2. The van der Waals surface area contributed by atoms with E-state index < -0.39 is 17.9 Å². The Morgan fingerprint density at radius 1 is 1.27 bits per heavy atom. The van der Waals surface area contributed by atoms with Crippen LogP contribution in [0.1, 0.15) is 51.5 Å². The molecule has 134 valence electrons. The molecule has 1 atom stereocenters. The summed E-state index contributed by atoms with van der Waals surface area (Å²) in [4.78, 5) is 24.3. The van der Waals surface area contributed by atoms with Crippen molar-refractivity contribution in [1.29, 1.82) is 0 Å². The predicted octanol–water partition coefficient (Wildman–Crippen LogP) is 3.68. The number of rotatable bonds is 2. The van der Waals surface area contributed by atoms with Crippen LogP contribution < -0.4 is 16.4 Å². The van der Waals surface area contributed by atoms with Crippen molar-refractivity contribution in [2.24, 2.45) is 5.73 Å². The second-order valence-corrected chi connectivity index (χ2v) is 7.03. The van der Waals surface area contributed by atoms with Crippen molar-refractivity contribution < 1.29 is 14.0 Å². The summed E-state index contributed by atoms with van der Waals surface area (Å²) in [5.74, 6) is -0.689. The molecule has 0 spiro atoms. The van der Waals surface area contributed by atoms with Gasteiger partial charge in [0.1, 0.15) is 5.82 Å². The number of hydrogen-bond acceptors (Lipinski definition) is 2. The fraction of sp³-hybridized carbons (Fsp3) is 0.263. The van der Waals surface area contributed by atoms with Crippen molar-refractivity contribution in [3.05, 3.63) is 62.9 Å². The normalized spacial score (nSPS) is 18.1. The second-order valence-electron chi connectivity index (χ2n) is 6.62. The highest BCUT2D eigenvalue weighted by Crippen LogP contribution is 2.43. The maximum absolute atomic E-state index is 13.8. The topological polar surface area (TPSA) is 84.2 Å². The molecule has 1 aliphatic carbocycles. The number of urea groups is 1. The second kappa shape index (κ2) is 6.29. The molecule has 4 rings (SSSR count). The maximum Gasteiger partial charge on any atom is 0.316 e. The highest BCUT2D eigenvalue weighted by Gasteiger charge is 2.37. The molecule has 5 nitrogen and oxygen atoms in total. The van der Waals surface area contributed by atoms with Gasteiger partial charge in [0.15, 0.2) is 0 Å². The number of fused-ring (bicyclic) bond motifs is 3. The lowest BCUT2D eigenvalue weighted by Crippen LogP contribution is -2.23. The minimum atomic E-state index is -0.716. The number of primary amides is 1. The Morgan fingerprint density at radius 2 is 2.04 bits per heavy atom. The Morgan fingerprint density at radius 3 is 2.81 bits per heavy atom. The largest absolute Gasteiger partial charge is 0.351 e. The molecule has 0 fully saturated rings. The van der Waals surface area contributed by atoms with Crippen molar-refractivity contribution in [3.63, 3.8) is 0 Å². The molecule has 2 aromatic rings. The van der Waals surface area contributed by atoms with E-state index in [0.717, 1.165) is 36.8 Å². The zero-order valence-electron chi connectivity index (χ0n) is 13.9. The van der Waals surface area contributed by atoms with Crippen LogP contribution in [0.15, 0.2) is 24.3 Å². The van der Waals surface area contributed by atoms with Crippen LogP contribution in [-0.2, 0) is 12.8 Å². The summed E-state index contributed by atoms with van der Waals surface area (Å²) in [5.41, 5.74) is 9.43. The van der Waals surface area contributed by atoms with Gasteiger partial charge in [-0.2, -0.15) is 0 Å². The smallest absolute Gasteiger partial charge is 0.316 e. The van der Waals surface area contributed by atoms with Crippen LogP contribution in [0.5, 0.6) is 0 Å². The van der Waals surface area contributed by atoms with E-state index in [1.165, 1.54) is 18.2 Å². The molecule has 1 unspecified atom stereocenters. The molecular weight excluding hydrogens is 357 g/mol. The summed E-state index contributed by atoms with van der Waals surface area (Å²) in [5, 5.41) is 5.84. The number of nitrogens with one attached hydrogen (secondary N) is 2. The predicted molar refractivity (Wildman–Crippen MR) is 97.0 cm³/mol. The third-order valence-electron chi connectivity index (χ3n) is 5.01. The van der Waals surface area contributed by atoms with Crippen molar-refractivity contribution in [2.75, 3.05) is 5.32 Å². The Labute approximate surface area is 154 Å². The first kappa shape index (κ1) is 16.8. The molecule has 1 heterocycles. The minimum Gasteiger partial charge on any atom is -0.351 e. The van der Waals surface area contributed by atoms with Crippen LogP contribution in [0, 0.1) is 5.82 Å². The molecule has 0 bridgehead atoms. The van der Waals surface area contributed by atoms with Gasteiger partial charge in [0.05, 0.1) is 11.6 Å². The van der Waals surface area contributed by atoms with Gasteiger partial charge in [-0.3, -0.25) is 4.79 Å². The maximum atomic E-state index is 13.8. The third-order valence-corrected chi connectivity index (χ3v) is 5.35. The van der Waals surface area contributed by atoms with Gasteiger partial charge in [0.2, 0.25) is 0 Å². The quantitative estimate of drug-likeness (QED) is 0.750. The molecule has 1 aliphatic heterocycles. The zero-order valence-corrected chi connectivity index (χ0v) is 14.6. The average molecular weight is 374 g/mol. The number of carbonyl (C=O) groups is 2. The Kier molecular flexibility index (Phi) is 4.07. The lowest BCUT2D eigenvalue weighted by Gasteiger charge is -2.22. The number of carbonyl (C=O) groups excluding carboxylic acids is 2. The molecule has 0 aromatic heterocycles. The fourth-order valence-corrected chi connectivity index (χ4v) is 4.19. The summed E-state index contributed by atoms with van der Waals surface area (Å²) >= 11 is 6.26. The SMILES string of the molecule is NC(=O)Nc1cc2c(c3c1C(c1cc(F)ccc1Cl)NC3=O)CCCC2. The standard InChI is InChI=1S/C19H17ClFN3O2/c20-13-6-5-10(21)8-12(13)17-16-14(23-19(22)26)7-9-3-1-2-4-11(9)15(16)18(25)24-17/h5-8,17H,1-4H2,(H,24,25)(H3,22,23,26). The van der Waals surface area contributed by atoms with E-state index in [4.69, 9.17) is 17.3 Å². The highest BCUT2D eigenvalue weighted by molar-refractivity contribution is 6.31. The summed E-state index contributed by atoms with van der Waals surface area (Å²) in [6, 6.07) is 4.53. The van der Waals surface area contributed by atoms with Crippen molar-refractivity contribution in [3.8, 4) is 0 Å². The minimum absolute atomic E-state index is 0.239. The Hall–Kier alpha value is -2.60. The Bertz CT molecular complexity index is 945. The molecule has 4 N–H and O–H groups in total. The lowest BCUT2D eigenvalue weighted by atomic mass is 9.84. The number of anilines is 1. The van der Waals surface area contributed by atoms with Gasteiger partial charge >= 0.3 is 6.03 Å². The van der Waals surface area contributed by atoms with Crippen LogP contribution in [0.4, 0.5) is 14.9 Å². The molecule has 26 heavy (non-hydrogen) atoms. The van der Waals surface area contributed by atoms with Crippen molar-refractivity contribution in [1.82, 2.24) is 5.32 Å². The van der Waals surface area contributed by atoms with Crippen LogP contribution in [0.3, 0.4) is 0 Å². The molecule has 7 heteroatoms. The van der Waals surface area contributed by atoms with Crippen molar-refractivity contribution in [2.45, 2.75) is 31.7 Å². The van der Waals surface area contributed by atoms with Gasteiger partial charge in [-0.1, -0.05) is 11.6 Å². The molecule has 2 aliphatic rings. The third kappa shape index (κ3) is 2.70. The average Bonchev–Trinajstić information content (AvgIpc) is 2.95. The van der Waals surface area contributed by atoms with Crippen LogP contribution in [0.2, 0.25) is 5.02 Å². The molecule has 0 radical (unpaired) electrons. The summed E-state index contributed by atoms with van der Waals surface area (Å²) < 4.78 is 13.8. The number of nitrogens with two attached hydrogens (primary N) is 1. The molecule has 0 saturated carbocycles. The van der Waals surface area contributed by atoms with Gasteiger partial charge in [-0.05, 0) is 61.1 Å². The van der Waals surface area contributed by atoms with E-state index in [1.807, 2.05) is 6.07 Å². The van der Waals surface area contributed by atoms with E-state index in [-0.39, 0.29) is 5.91 Å². The van der Waals surface area contributed by atoms with E-state index in [2.05, 4.69) is 10.6 Å². The van der Waals surface area contributed by atoms with Gasteiger partial charge < -0.3 is 16.4 Å². The van der Waals surface area contributed by atoms with E-state index in [9.17, 15) is 14.0 Å². The van der Waals surface area contributed by atoms with E-state index in [0.29, 0.717) is 27.4 Å². The number of amides is 3.